The van der Waals surface area contributed by atoms with Crippen LogP contribution in [0.5, 0.6) is 17.2 Å². The lowest BCUT2D eigenvalue weighted by atomic mass is 9.99. The molecule has 0 bridgehead atoms. The van der Waals surface area contributed by atoms with Crippen LogP contribution in [0.1, 0.15) is 37.3 Å². The number of methoxy groups -OCH3 is 1. The van der Waals surface area contributed by atoms with Crippen LogP contribution in [0.3, 0.4) is 0 Å². The molecule has 0 unspecified atom stereocenters. The van der Waals surface area contributed by atoms with Gasteiger partial charge in [-0.15, -0.1) is 0 Å². The molecule has 35 heavy (non-hydrogen) atoms. The lowest BCUT2D eigenvalue weighted by Crippen LogP contribution is -2.24. The van der Waals surface area contributed by atoms with E-state index in [2.05, 4.69) is 41.8 Å². The maximum absolute atomic E-state index is 11.9. The van der Waals surface area contributed by atoms with Crippen LogP contribution >= 0.6 is 11.6 Å². The number of halogens is 1. The first-order valence-electron chi connectivity index (χ1n) is 11.4. The maximum atomic E-state index is 11.9. The second-order valence-electron chi connectivity index (χ2n) is 7.80. The Morgan fingerprint density at radius 2 is 1.77 bits per heavy atom. The molecule has 0 aliphatic rings. The largest absolute Gasteiger partial charge is 0.493 e. The van der Waals surface area contributed by atoms with E-state index in [1.54, 1.807) is 24.3 Å². The number of urea groups is 1. The first-order chi connectivity index (χ1) is 17.0. The number of carbonyl (C=O) groups is 1. The molecule has 0 fully saturated rings. The number of amides is 2. The van der Waals surface area contributed by atoms with Crippen LogP contribution in [0.25, 0.3) is 0 Å². The molecule has 3 rings (SSSR count). The highest BCUT2D eigenvalue weighted by Crippen LogP contribution is 2.36. The smallest absolute Gasteiger partial charge is 0.339 e. The zero-order chi connectivity index (χ0) is 25.0. The van der Waals surface area contributed by atoms with Gasteiger partial charge in [-0.1, -0.05) is 55.8 Å². The average Bonchev–Trinajstić information content (AvgIpc) is 2.87. The van der Waals surface area contributed by atoms with E-state index in [0.717, 1.165) is 12.2 Å². The van der Waals surface area contributed by atoms with Crippen LogP contribution < -0.4 is 25.0 Å². The minimum atomic E-state index is -0.458. The Labute approximate surface area is 211 Å². The number of rotatable bonds is 11. The van der Waals surface area contributed by atoms with Gasteiger partial charge in [0.25, 0.3) is 0 Å². The van der Waals surface area contributed by atoms with E-state index in [0.29, 0.717) is 40.3 Å². The number of carbonyl (C=O) groups excluding carboxylic acids is 1. The van der Waals surface area contributed by atoms with Crippen LogP contribution in [0.2, 0.25) is 5.02 Å². The highest BCUT2D eigenvalue weighted by atomic mass is 35.5. The Kier molecular flexibility index (Phi) is 9.80. The van der Waals surface area contributed by atoms with Crippen molar-refractivity contribution in [3.05, 3.63) is 82.9 Å². The summed E-state index contributed by atoms with van der Waals surface area (Å²) >= 11 is 6.41. The molecule has 0 aromatic heterocycles. The molecule has 0 saturated heterocycles. The predicted molar refractivity (Wildman–Crippen MR) is 140 cm³/mol. The third-order valence-electron chi connectivity index (χ3n) is 5.32. The fraction of sp³-hybridized carbons (Fsp3) is 0.259. The fourth-order valence-corrected chi connectivity index (χ4v) is 3.51. The predicted octanol–water partition coefficient (Wildman–Crippen LogP) is 6.48. The van der Waals surface area contributed by atoms with E-state index < -0.39 is 6.03 Å². The van der Waals surface area contributed by atoms with Crippen LogP contribution in [0.15, 0.2) is 71.8 Å². The van der Waals surface area contributed by atoms with E-state index in [-0.39, 0.29) is 6.61 Å². The van der Waals surface area contributed by atoms with Crippen molar-refractivity contribution in [2.24, 2.45) is 5.10 Å². The van der Waals surface area contributed by atoms with Gasteiger partial charge in [0.1, 0.15) is 19.0 Å². The van der Waals surface area contributed by atoms with Gasteiger partial charge in [-0.3, -0.25) is 0 Å². The number of anilines is 1. The third kappa shape index (κ3) is 7.93. The molecule has 1 atom stereocenters. The Hall–Kier alpha value is -3.71. The van der Waals surface area contributed by atoms with Crippen molar-refractivity contribution in [3.8, 4) is 17.2 Å². The van der Waals surface area contributed by atoms with Crippen molar-refractivity contribution in [3.63, 3.8) is 0 Å². The fourth-order valence-electron chi connectivity index (χ4n) is 3.23. The molecule has 3 aromatic carbocycles. The normalized spacial score (nSPS) is 11.7. The number of nitrogens with zero attached hydrogens (tertiary/aromatic N) is 1. The van der Waals surface area contributed by atoms with Crippen molar-refractivity contribution in [2.75, 3.05) is 25.6 Å². The number of hydrogen-bond donors (Lipinski definition) is 2. The Morgan fingerprint density at radius 1 is 1.06 bits per heavy atom. The van der Waals surface area contributed by atoms with Gasteiger partial charge >= 0.3 is 6.03 Å². The lowest BCUT2D eigenvalue weighted by molar-refractivity contribution is 0.211. The molecule has 8 heteroatoms. The highest BCUT2D eigenvalue weighted by molar-refractivity contribution is 6.32. The molecular formula is C27H30ClN3O4. The Balaban J connectivity index is 1.51. The molecule has 0 spiro atoms. The maximum Gasteiger partial charge on any atom is 0.339 e. The average molecular weight is 496 g/mol. The quantitative estimate of drug-likeness (QED) is 0.181. The number of hydrazone groups is 1. The molecule has 2 N–H and O–H groups in total. The van der Waals surface area contributed by atoms with Gasteiger partial charge in [0, 0.05) is 5.69 Å². The van der Waals surface area contributed by atoms with Crippen molar-refractivity contribution in [2.45, 2.75) is 26.2 Å². The van der Waals surface area contributed by atoms with Crippen molar-refractivity contribution < 1.29 is 19.0 Å². The van der Waals surface area contributed by atoms with Gasteiger partial charge in [-0.25, -0.2) is 10.2 Å². The molecule has 184 valence electrons. The van der Waals surface area contributed by atoms with E-state index in [1.807, 2.05) is 30.3 Å². The van der Waals surface area contributed by atoms with Crippen LogP contribution in [0, 0.1) is 0 Å². The van der Waals surface area contributed by atoms with Crippen molar-refractivity contribution in [1.29, 1.82) is 0 Å². The summed E-state index contributed by atoms with van der Waals surface area (Å²) < 4.78 is 17.0. The second kappa shape index (κ2) is 13.2. The van der Waals surface area contributed by atoms with Gasteiger partial charge < -0.3 is 19.5 Å². The summed E-state index contributed by atoms with van der Waals surface area (Å²) in [5.74, 6) is 2.17. The molecular weight excluding hydrogens is 466 g/mol. The van der Waals surface area contributed by atoms with Gasteiger partial charge in [0.2, 0.25) is 0 Å². The molecule has 0 heterocycles. The standard InChI is InChI=1S/C27H30ClN3O4/c1-4-19(2)21-10-12-23(13-11-21)34-14-15-35-26-24(28)16-20(17-25(26)33-3)18-29-31-27(32)30-22-8-6-5-7-9-22/h5-13,16-19H,4,14-15H2,1-3H3,(H2,30,31,32)/b29-18-/t19-/m0/s1. The molecule has 0 radical (unpaired) electrons. The van der Waals surface area contributed by atoms with Crippen molar-refractivity contribution >= 4 is 29.5 Å². The third-order valence-corrected chi connectivity index (χ3v) is 5.60. The summed E-state index contributed by atoms with van der Waals surface area (Å²) in [6.45, 7) is 5.02. The summed E-state index contributed by atoms with van der Waals surface area (Å²) in [5.41, 5.74) is 5.01. The Bertz CT molecular complexity index is 1120. The van der Waals surface area contributed by atoms with Crippen LogP contribution in [-0.2, 0) is 0 Å². The summed E-state index contributed by atoms with van der Waals surface area (Å²) in [6.07, 6.45) is 2.57. The number of benzene rings is 3. The zero-order valence-corrected chi connectivity index (χ0v) is 20.8. The Morgan fingerprint density at radius 3 is 2.46 bits per heavy atom. The van der Waals surface area contributed by atoms with Gasteiger partial charge in [0.05, 0.1) is 18.3 Å². The molecule has 3 aromatic rings. The molecule has 7 nitrogen and oxygen atoms in total. The van der Waals surface area contributed by atoms with Gasteiger partial charge in [-0.2, -0.15) is 5.10 Å². The first-order valence-corrected chi connectivity index (χ1v) is 11.8. The summed E-state index contributed by atoms with van der Waals surface area (Å²) in [6, 6.07) is 20.1. The second-order valence-corrected chi connectivity index (χ2v) is 8.21. The first kappa shape index (κ1) is 25.9. The SMILES string of the molecule is CC[C@H](C)c1ccc(OCCOc2c(Cl)cc(/C=N\NC(=O)Nc3ccccc3)cc2OC)cc1. The summed E-state index contributed by atoms with van der Waals surface area (Å²) in [5, 5.41) is 6.99. The molecule has 2 amide bonds. The lowest BCUT2D eigenvalue weighted by Gasteiger charge is -2.14. The van der Waals surface area contributed by atoms with E-state index in [4.69, 9.17) is 25.8 Å². The van der Waals surface area contributed by atoms with E-state index in [9.17, 15) is 4.79 Å². The highest BCUT2D eigenvalue weighted by Gasteiger charge is 2.12. The number of nitrogens with one attached hydrogen (secondary N) is 2. The van der Waals surface area contributed by atoms with E-state index >= 15 is 0 Å². The monoisotopic (exact) mass is 495 g/mol. The minimum Gasteiger partial charge on any atom is -0.493 e. The topological polar surface area (TPSA) is 81.2 Å². The van der Waals surface area contributed by atoms with E-state index in [1.165, 1.54) is 18.9 Å². The number of hydrogen-bond acceptors (Lipinski definition) is 5. The summed E-state index contributed by atoms with van der Waals surface area (Å²) in [4.78, 5) is 11.9. The number of ether oxygens (including phenoxy) is 3. The molecule has 0 aliphatic heterocycles. The van der Waals surface area contributed by atoms with Crippen molar-refractivity contribution in [1.82, 2.24) is 5.43 Å². The number of para-hydroxylation sites is 1. The summed E-state index contributed by atoms with van der Waals surface area (Å²) in [7, 11) is 1.53. The minimum absolute atomic E-state index is 0.290. The van der Waals surface area contributed by atoms with Crippen LogP contribution in [0.4, 0.5) is 10.5 Å². The van der Waals surface area contributed by atoms with Crippen LogP contribution in [-0.4, -0.2) is 32.6 Å². The molecule has 0 aliphatic carbocycles. The van der Waals surface area contributed by atoms with Gasteiger partial charge in [-0.05, 0) is 59.9 Å². The molecule has 0 saturated carbocycles. The van der Waals surface area contributed by atoms with Gasteiger partial charge in [0.15, 0.2) is 11.5 Å². The zero-order valence-electron chi connectivity index (χ0n) is 20.1.